The first-order valence-corrected chi connectivity index (χ1v) is 23.3. The molecule has 3 heterocycles. The number of hydrogen-bond donors (Lipinski definition) is 10. The molecule has 0 radical (unpaired) electrons. The van der Waals surface area contributed by atoms with E-state index in [9.17, 15) is 55.9 Å². The number of carboxylic acid groups (broad SMARTS) is 1. The zero-order valence-corrected chi connectivity index (χ0v) is 37.8. The number of aliphatic hydroxyl groups is 9. The van der Waals surface area contributed by atoms with Gasteiger partial charge >= 0.3 is 5.97 Å². The SMILES string of the molecule is CC1OC(OC2C(OC3CCC4(C)C(CCC5(C)C4CC=C4C6CC(C)(C)CCC6(C(=O)O)CCC45C)C3(C)O)OCC(O)C2O)C(O)C(OC2OC(CO)C(O)C(O)C2O)C1O. The molecule has 5 aliphatic carbocycles. The Balaban J connectivity index is 0.999. The molecular weight excluding hydrogens is 824 g/mol. The van der Waals surface area contributed by atoms with Crippen LogP contribution in [0.3, 0.4) is 0 Å². The number of hydrogen-bond acceptors (Lipinski definition) is 16. The van der Waals surface area contributed by atoms with Gasteiger partial charge in [-0.3, -0.25) is 4.79 Å². The van der Waals surface area contributed by atoms with Crippen LogP contribution in [0.2, 0.25) is 0 Å². The van der Waals surface area contributed by atoms with Crippen molar-refractivity contribution >= 4 is 5.97 Å². The summed E-state index contributed by atoms with van der Waals surface area (Å²) in [6.07, 6.45) is -12.7. The van der Waals surface area contributed by atoms with E-state index in [1.165, 1.54) is 12.5 Å². The number of carboxylic acids is 1. The molecule has 17 heteroatoms. The fraction of sp³-hybridized carbons (Fsp3) is 0.935. The first kappa shape index (κ1) is 48.1. The summed E-state index contributed by atoms with van der Waals surface area (Å²) in [6, 6.07) is 0. The van der Waals surface area contributed by atoms with E-state index in [1.807, 2.05) is 0 Å². The monoisotopic (exact) mass is 898 g/mol. The van der Waals surface area contributed by atoms with Gasteiger partial charge in [0.05, 0.1) is 36.4 Å². The second-order valence-corrected chi connectivity index (χ2v) is 22.4. The summed E-state index contributed by atoms with van der Waals surface area (Å²) < 4.78 is 35.8. The Labute approximate surface area is 369 Å². The Bertz CT molecular complexity index is 1720. The van der Waals surface area contributed by atoms with Crippen molar-refractivity contribution in [1.82, 2.24) is 0 Å². The van der Waals surface area contributed by atoms with Crippen molar-refractivity contribution in [2.45, 2.75) is 210 Å². The van der Waals surface area contributed by atoms with Gasteiger partial charge in [0.25, 0.3) is 0 Å². The highest BCUT2D eigenvalue weighted by Crippen LogP contribution is 2.75. The summed E-state index contributed by atoms with van der Waals surface area (Å²) in [5.41, 5.74) is -1.37. The van der Waals surface area contributed by atoms with Crippen LogP contribution in [0.1, 0.15) is 113 Å². The predicted octanol–water partition coefficient (Wildman–Crippen LogP) is 1.10. The Hall–Kier alpha value is -1.39. The molecule has 7 fully saturated rings. The molecule has 0 bridgehead atoms. The van der Waals surface area contributed by atoms with Crippen LogP contribution >= 0.6 is 0 Å². The Morgan fingerprint density at radius 1 is 0.730 bits per heavy atom. The van der Waals surface area contributed by atoms with Crippen molar-refractivity contribution in [3.63, 3.8) is 0 Å². The van der Waals surface area contributed by atoms with Crippen molar-refractivity contribution in [3.05, 3.63) is 11.6 Å². The lowest BCUT2D eigenvalue weighted by Crippen LogP contribution is -2.68. The first-order valence-electron chi connectivity index (χ1n) is 23.3. The molecule has 8 rings (SSSR count). The van der Waals surface area contributed by atoms with Crippen LogP contribution in [-0.2, 0) is 33.2 Å². The average Bonchev–Trinajstić information content (AvgIpc) is 3.21. The lowest BCUT2D eigenvalue weighted by molar-refractivity contribution is -0.384. The third kappa shape index (κ3) is 7.50. The number of fused-ring (bicyclic) bond motifs is 7. The molecule has 10 N–H and O–H groups in total. The Morgan fingerprint density at radius 2 is 1.40 bits per heavy atom. The van der Waals surface area contributed by atoms with Crippen molar-refractivity contribution in [1.29, 1.82) is 0 Å². The summed E-state index contributed by atoms with van der Waals surface area (Å²) in [5, 5.41) is 109. The maximum Gasteiger partial charge on any atom is 0.310 e. The normalized spacial score (nSPS) is 55.7. The molecule has 8 aliphatic rings. The van der Waals surface area contributed by atoms with Gasteiger partial charge in [0.2, 0.25) is 0 Å². The molecule has 0 amide bonds. The Morgan fingerprint density at radius 3 is 2.08 bits per heavy atom. The quantitative estimate of drug-likeness (QED) is 0.121. The number of carbonyl (C=O) groups is 1. The zero-order chi connectivity index (χ0) is 46.0. The number of aliphatic carboxylic acids is 1. The minimum Gasteiger partial charge on any atom is -0.481 e. The minimum atomic E-state index is -1.82. The summed E-state index contributed by atoms with van der Waals surface area (Å²) in [6.45, 7) is 13.8. The summed E-state index contributed by atoms with van der Waals surface area (Å²) in [7, 11) is 0. The third-order valence-corrected chi connectivity index (χ3v) is 18.6. The summed E-state index contributed by atoms with van der Waals surface area (Å²) >= 11 is 0. The number of ether oxygens (including phenoxy) is 6. The molecule has 3 aliphatic heterocycles. The molecule has 17 nitrogen and oxygen atoms in total. The fourth-order valence-electron chi connectivity index (χ4n) is 14.4. The first-order chi connectivity index (χ1) is 29.4. The van der Waals surface area contributed by atoms with E-state index >= 15 is 0 Å². The molecule has 23 atom stereocenters. The predicted molar refractivity (Wildman–Crippen MR) is 220 cm³/mol. The number of aliphatic hydroxyl groups excluding tert-OH is 8. The van der Waals surface area contributed by atoms with Crippen LogP contribution in [0.4, 0.5) is 0 Å². The van der Waals surface area contributed by atoms with Crippen molar-refractivity contribution < 1.29 is 84.3 Å². The highest BCUT2D eigenvalue weighted by Gasteiger charge is 2.70. The van der Waals surface area contributed by atoms with Crippen LogP contribution in [0.25, 0.3) is 0 Å². The van der Waals surface area contributed by atoms with Crippen LogP contribution in [0, 0.1) is 44.8 Å². The second kappa shape index (κ2) is 16.7. The molecule has 360 valence electrons. The maximum atomic E-state index is 13.1. The third-order valence-electron chi connectivity index (χ3n) is 18.6. The van der Waals surface area contributed by atoms with Gasteiger partial charge in [-0.15, -0.1) is 0 Å². The van der Waals surface area contributed by atoms with Crippen molar-refractivity contribution in [2.75, 3.05) is 13.2 Å². The van der Waals surface area contributed by atoms with Gasteiger partial charge in [-0.2, -0.15) is 0 Å². The molecule has 4 saturated carbocycles. The van der Waals surface area contributed by atoms with E-state index < -0.39 is 116 Å². The van der Waals surface area contributed by atoms with Crippen LogP contribution in [0.15, 0.2) is 11.6 Å². The molecule has 0 aromatic heterocycles. The van der Waals surface area contributed by atoms with E-state index in [4.69, 9.17) is 28.4 Å². The van der Waals surface area contributed by atoms with E-state index in [1.54, 1.807) is 6.92 Å². The highest BCUT2D eigenvalue weighted by atomic mass is 16.8. The Kier molecular flexibility index (Phi) is 12.7. The van der Waals surface area contributed by atoms with Gasteiger partial charge in [0.15, 0.2) is 18.9 Å². The van der Waals surface area contributed by atoms with Gasteiger partial charge in [0, 0.05) is 0 Å². The van der Waals surface area contributed by atoms with Crippen molar-refractivity contribution in [2.24, 2.45) is 44.8 Å². The molecular formula is C46H74O17. The summed E-state index contributed by atoms with van der Waals surface area (Å²) in [4.78, 5) is 13.1. The van der Waals surface area contributed by atoms with E-state index in [2.05, 4.69) is 40.7 Å². The van der Waals surface area contributed by atoms with Crippen LogP contribution in [-0.4, -0.2) is 168 Å². The fourth-order valence-corrected chi connectivity index (χ4v) is 14.4. The zero-order valence-electron chi connectivity index (χ0n) is 37.8. The van der Waals surface area contributed by atoms with E-state index in [0.717, 1.165) is 32.1 Å². The van der Waals surface area contributed by atoms with Crippen LogP contribution < -0.4 is 0 Å². The number of allylic oxidation sites excluding steroid dienone is 2. The molecule has 0 spiro atoms. The number of rotatable bonds is 8. The average molecular weight is 899 g/mol. The molecule has 3 saturated heterocycles. The van der Waals surface area contributed by atoms with Gasteiger partial charge in [-0.1, -0.05) is 46.3 Å². The lowest BCUT2D eigenvalue weighted by atomic mass is 9.34. The maximum absolute atomic E-state index is 13.1. The standard InChI is InChI=1S/C46H74O17/c1-21-29(49)35(62-37-33(53)32(52)31(51)25(19-47)60-37)34(54)38(59-21)63-36-30(50)24(48)20-58-39(36)61-28-11-12-42(4)26-9-8-22-23-18-41(2,3)14-16-46(23,40(55)56)17-15-43(22,5)44(26,6)13-10-27(42)45(28,7)57/h8,21,23-39,47-54,57H,9-20H2,1-7H3,(H,55,56). The molecule has 0 aromatic carbocycles. The van der Waals surface area contributed by atoms with Crippen molar-refractivity contribution in [3.8, 4) is 0 Å². The highest BCUT2D eigenvalue weighted by molar-refractivity contribution is 5.76. The molecule has 63 heavy (non-hydrogen) atoms. The lowest BCUT2D eigenvalue weighted by Gasteiger charge is -2.71. The van der Waals surface area contributed by atoms with Gasteiger partial charge in [-0.25, -0.2) is 0 Å². The smallest absolute Gasteiger partial charge is 0.310 e. The van der Waals surface area contributed by atoms with Crippen LogP contribution in [0.5, 0.6) is 0 Å². The largest absolute Gasteiger partial charge is 0.481 e. The molecule has 0 aromatic rings. The van der Waals surface area contributed by atoms with Gasteiger partial charge in [0.1, 0.15) is 61.0 Å². The minimum absolute atomic E-state index is 0.0122. The van der Waals surface area contributed by atoms with E-state index in [0.29, 0.717) is 32.1 Å². The van der Waals surface area contributed by atoms with Gasteiger partial charge in [-0.05, 0) is 117 Å². The molecule has 23 unspecified atom stereocenters. The summed E-state index contributed by atoms with van der Waals surface area (Å²) in [5.74, 6) is -0.666. The van der Waals surface area contributed by atoms with Gasteiger partial charge < -0.3 is 79.5 Å². The second-order valence-electron chi connectivity index (χ2n) is 22.4. The topological polar surface area (TPSA) is 275 Å². The van der Waals surface area contributed by atoms with E-state index in [-0.39, 0.29) is 46.0 Å².